The fourth-order valence-electron chi connectivity index (χ4n) is 6.52. The van der Waals surface area contributed by atoms with Crippen LogP contribution in [-0.4, -0.2) is 71.8 Å². The van der Waals surface area contributed by atoms with Crippen LogP contribution in [0.3, 0.4) is 0 Å². The lowest BCUT2D eigenvalue weighted by atomic mass is 9.65. The summed E-state index contributed by atoms with van der Waals surface area (Å²) in [5.41, 5.74) is -1.97. The Morgan fingerprint density at radius 3 is 2.61 bits per heavy atom. The number of anilines is 1. The van der Waals surface area contributed by atoms with E-state index in [1.54, 1.807) is 41.0 Å². The molecule has 0 radical (unpaired) electrons. The number of esters is 1. The van der Waals surface area contributed by atoms with Crippen molar-refractivity contribution in [1.82, 2.24) is 4.90 Å². The average Bonchev–Trinajstić information content (AvgIpc) is 3.21. The summed E-state index contributed by atoms with van der Waals surface area (Å²) in [6.07, 6.45) is 11.3. The van der Waals surface area contributed by atoms with Gasteiger partial charge in [0.05, 0.1) is 18.1 Å². The third-order valence-electron chi connectivity index (χ3n) is 8.45. The van der Waals surface area contributed by atoms with Crippen LogP contribution in [0.15, 0.2) is 48.6 Å². The Labute approximate surface area is 228 Å². The summed E-state index contributed by atoms with van der Waals surface area (Å²) in [4.78, 5) is 45.4. The maximum absolute atomic E-state index is 14.4. The molecule has 0 bridgehead atoms. The van der Waals surface area contributed by atoms with E-state index in [1.165, 1.54) is 0 Å². The van der Waals surface area contributed by atoms with Crippen molar-refractivity contribution in [3.05, 3.63) is 53.6 Å². The van der Waals surface area contributed by atoms with Crippen molar-refractivity contribution in [1.29, 1.82) is 0 Å². The summed E-state index contributed by atoms with van der Waals surface area (Å²) in [5.74, 6) is -1.85. The minimum Gasteiger partial charge on any atom is -0.465 e. The fourth-order valence-corrected chi connectivity index (χ4v) is 6.65. The van der Waals surface area contributed by atoms with Crippen LogP contribution in [0.1, 0.15) is 45.4 Å². The first-order valence-electron chi connectivity index (χ1n) is 13.5. The van der Waals surface area contributed by atoms with Crippen LogP contribution in [0, 0.1) is 11.3 Å². The van der Waals surface area contributed by atoms with Crippen LogP contribution in [0.2, 0.25) is 5.02 Å². The first kappa shape index (κ1) is 26.9. The molecule has 1 aromatic carbocycles. The van der Waals surface area contributed by atoms with Crippen LogP contribution in [0.4, 0.5) is 5.69 Å². The molecule has 0 saturated carbocycles. The maximum Gasteiger partial charge on any atom is 0.313 e. The number of unbranched alkanes of at least 4 members (excludes halogenated alkanes) is 3. The third kappa shape index (κ3) is 4.27. The molecule has 2 amide bonds. The lowest BCUT2D eigenvalue weighted by molar-refractivity contribution is -0.157. The molecule has 204 valence electrons. The van der Waals surface area contributed by atoms with E-state index >= 15 is 0 Å². The monoisotopic (exact) mass is 542 g/mol. The number of halogens is 1. The number of aliphatic hydroxyl groups is 1. The molecule has 4 aliphatic heterocycles. The zero-order valence-electron chi connectivity index (χ0n) is 21.7. The normalized spacial score (nSPS) is 33.6. The minimum atomic E-state index is -1.33. The maximum atomic E-state index is 14.4. The molecular weight excluding hydrogens is 508 g/mol. The Morgan fingerprint density at radius 2 is 1.84 bits per heavy atom. The molecule has 5 rings (SSSR count). The number of carbonyl (C=O) groups excluding carboxylic acids is 3. The van der Waals surface area contributed by atoms with E-state index in [0.29, 0.717) is 43.1 Å². The highest BCUT2D eigenvalue weighted by Crippen LogP contribution is 2.61. The van der Waals surface area contributed by atoms with Crippen molar-refractivity contribution in [2.75, 3.05) is 31.2 Å². The van der Waals surface area contributed by atoms with Crippen molar-refractivity contribution in [3.8, 4) is 0 Å². The number of carbonyl (C=O) groups is 3. The standard InChI is InChI=1S/C29H35ClN2O6/c1-28-23-22(10-5-4-8-19-37-26(23)35)38-29(28)15-9-17-31(21-13-11-20(30)12-14-21)25(34)24(29)32(27(28)36)16-6-2-3-7-18-33/h5,9-15,22-24,33H,2-4,6-8,16-19H2,1H3/b10-5-/t22-,23?,24-,28+,29?/m1/s1. The van der Waals surface area contributed by atoms with E-state index in [4.69, 9.17) is 26.2 Å². The third-order valence-corrected chi connectivity index (χ3v) is 8.71. The van der Waals surface area contributed by atoms with Gasteiger partial charge in [-0.25, -0.2) is 0 Å². The summed E-state index contributed by atoms with van der Waals surface area (Å²) in [6.45, 7) is 2.82. The number of allylic oxidation sites excluding steroid dienone is 1. The number of fused-ring (bicyclic) bond motifs is 2. The van der Waals surface area contributed by atoms with Crippen LogP contribution in [0.5, 0.6) is 0 Å². The lowest BCUT2D eigenvalue weighted by Gasteiger charge is -2.37. The molecule has 38 heavy (non-hydrogen) atoms. The molecule has 1 N–H and O–H groups in total. The second kappa shape index (κ2) is 10.8. The Morgan fingerprint density at radius 1 is 1.08 bits per heavy atom. The average molecular weight is 543 g/mol. The largest absolute Gasteiger partial charge is 0.465 e. The fraction of sp³-hybridized carbons (Fsp3) is 0.552. The Kier molecular flexibility index (Phi) is 7.67. The van der Waals surface area contributed by atoms with E-state index in [2.05, 4.69) is 0 Å². The number of ether oxygens (including phenoxy) is 2. The number of nitrogens with zero attached hydrogens (tertiary/aromatic N) is 2. The number of cyclic esters (lactones) is 1. The quantitative estimate of drug-likeness (QED) is 0.321. The SMILES string of the molecule is C[C@]12C(=O)N(CCCCCCO)[C@@H]3C(=O)N(c4ccc(Cl)cc4)CC=CC31O[C@@H]1/C=C\CCCOC(=O)C12. The van der Waals surface area contributed by atoms with Crippen molar-refractivity contribution >= 4 is 35.1 Å². The van der Waals surface area contributed by atoms with E-state index in [-0.39, 0.29) is 25.0 Å². The second-order valence-electron chi connectivity index (χ2n) is 10.7. The predicted molar refractivity (Wildman–Crippen MR) is 143 cm³/mol. The van der Waals surface area contributed by atoms with Gasteiger partial charge in [-0.1, -0.05) is 48.7 Å². The van der Waals surface area contributed by atoms with Gasteiger partial charge in [-0.2, -0.15) is 0 Å². The van der Waals surface area contributed by atoms with E-state index in [1.807, 2.05) is 24.3 Å². The number of rotatable bonds is 7. The predicted octanol–water partition coefficient (Wildman–Crippen LogP) is 3.66. The van der Waals surface area contributed by atoms with Crippen molar-refractivity contribution < 1.29 is 29.0 Å². The number of likely N-dealkylation sites (tertiary alicyclic amines) is 1. The topological polar surface area (TPSA) is 96.4 Å². The number of aliphatic hydroxyl groups excluding tert-OH is 1. The summed E-state index contributed by atoms with van der Waals surface area (Å²) in [5, 5.41) is 9.70. The molecule has 2 saturated heterocycles. The zero-order chi connectivity index (χ0) is 26.9. The number of hydrogen-bond donors (Lipinski definition) is 1. The smallest absolute Gasteiger partial charge is 0.313 e. The van der Waals surface area contributed by atoms with Gasteiger partial charge in [0.2, 0.25) is 5.91 Å². The molecule has 4 aliphatic rings. The van der Waals surface area contributed by atoms with Gasteiger partial charge in [-0.05, 0) is 56.9 Å². The Balaban J connectivity index is 1.58. The van der Waals surface area contributed by atoms with Crippen LogP contribution < -0.4 is 4.90 Å². The van der Waals surface area contributed by atoms with Crippen LogP contribution >= 0.6 is 11.6 Å². The van der Waals surface area contributed by atoms with Gasteiger partial charge >= 0.3 is 5.97 Å². The van der Waals surface area contributed by atoms with E-state index in [0.717, 1.165) is 19.3 Å². The lowest BCUT2D eigenvalue weighted by Crippen LogP contribution is -2.56. The summed E-state index contributed by atoms with van der Waals surface area (Å²) < 4.78 is 12.3. The van der Waals surface area contributed by atoms with Gasteiger partial charge in [-0.3, -0.25) is 14.4 Å². The number of benzene rings is 1. The number of amides is 2. The van der Waals surface area contributed by atoms with Gasteiger partial charge in [-0.15, -0.1) is 0 Å². The van der Waals surface area contributed by atoms with Gasteiger partial charge in [0.15, 0.2) is 0 Å². The Bertz CT molecular complexity index is 1140. The summed E-state index contributed by atoms with van der Waals surface area (Å²) >= 11 is 6.10. The molecule has 2 fully saturated rings. The molecule has 1 aromatic rings. The van der Waals surface area contributed by atoms with Gasteiger partial charge < -0.3 is 24.4 Å². The summed E-state index contributed by atoms with van der Waals surface area (Å²) in [6, 6.07) is 6.09. The Hall–Kier alpha value is -2.68. The highest BCUT2D eigenvalue weighted by molar-refractivity contribution is 6.30. The molecule has 0 aromatic heterocycles. The first-order chi connectivity index (χ1) is 18.3. The van der Waals surface area contributed by atoms with Gasteiger partial charge in [0.25, 0.3) is 5.91 Å². The first-order valence-corrected chi connectivity index (χ1v) is 13.9. The highest BCUT2D eigenvalue weighted by Gasteiger charge is 2.78. The number of hydrogen-bond acceptors (Lipinski definition) is 6. The van der Waals surface area contributed by atoms with E-state index < -0.39 is 35.0 Å². The minimum absolute atomic E-state index is 0.123. The molecule has 5 atom stereocenters. The van der Waals surface area contributed by atoms with Crippen LogP contribution in [-0.2, 0) is 23.9 Å². The molecular formula is C29H35ClN2O6. The van der Waals surface area contributed by atoms with E-state index in [9.17, 15) is 14.4 Å². The van der Waals surface area contributed by atoms with Crippen molar-refractivity contribution in [2.45, 2.75) is 63.2 Å². The highest BCUT2D eigenvalue weighted by atomic mass is 35.5. The van der Waals surface area contributed by atoms with Crippen LogP contribution in [0.25, 0.3) is 0 Å². The van der Waals surface area contributed by atoms with Gasteiger partial charge in [0, 0.05) is 30.4 Å². The molecule has 2 unspecified atom stereocenters. The molecule has 0 aliphatic carbocycles. The van der Waals surface area contributed by atoms with Crippen molar-refractivity contribution in [3.63, 3.8) is 0 Å². The molecule has 4 heterocycles. The zero-order valence-corrected chi connectivity index (χ0v) is 22.4. The second-order valence-corrected chi connectivity index (χ2v) is 11.1. The molecule has 9 heteroatoms. The van der Waals surface area contributed by atoms with Gasteiger partial charge in [0.1, 0.15) is 17.6 Å². The van der Waals surface area contributed by atoms with Crippen molar-refractivity contribution in [2.24, 2.45) is 11.3 Å². The molecule has 8 nitrogen and oxygen atoms in total. The summed E-state index contributed by atoms with van der Waals surface area (Å²) in [7, 11) is 0. The molecule has 1 spiro atoms.